The standard InChI is InChI=1S/C7H13NO/c1-2-6-3-7(5-9)8-4-6/h2,7-9H,3-5H2,1H3/b6-2-/t7-/m0/s1. The predicted molar refractivity (Wildman–Crippen MR) is 37.3 cm³/mol. The van der Waals surface area contributed by atoms with E-state index in [0.717, 1.165) is 13.0 Å². The lowest BCUT2D eigenvalue weighted by Crippen LogP contribution is -2.24. The van der Waals surface area contributed by atoms with E-state index >= 15 is 0 Å². The second kappa shape index (κ2) is 2.99. The molecule has 52 valence electrons. The highest BCUT2D eigenvalue weighted by atomic mass is 16.3. The summed E-state index contributed by atoms with van der Waals surface area (Å²) in [6.45, 7) is 3.26. The van der Waals surface area contributed by atoms with Gasteiger partial charge < -0.3 is 10.4 Å². The Balaban J connectivity index is 2.38. The van der Waals surface area contributed by atoms with Gasteiger partial charge in [0.15, 0.2) is 0 Å². The van der Waals surface area contributed by atoms with E-state index < -0.39 is 0 Å². The summed E-state index contributed by atoms with van der Waals surface area (Å²) in [5, 5.41) is 11.9. The van der Waals surface area contributed by atoms with Crippen molar-refractivity contribution >= 4 is 0 Å². The number of aliphatic hydroxyl groups is 1. The summed E-state index contributed by atoms with van der Waals surface area (Å²) in [6.07, 6.45) is 3.13. The lowest BCUT2D eigenvalue weighted by Gasteiger charge is -2.01. The van der Waals surface area contributed by atoms with Crippen LogP contribution in [-0.4, -0.2) is 24.3 Å². The molecule has 1 saturated heterocycles. The number of allylic oxidation sites excluding steroid dienone is 1. The molecule has 0 radical (unpaired) electrons. The van der Waals surface area contributed by atoms with Crippen molar-refractivity contribution < 1.29 is 5.11 Å². The summed E-state index contributed by atoms with van der Waals surface area (Å²) in [4.78, 5) is 0. The van der Waals surface area contributed by atoms with E-state index in [0.29, 0.717) is 6.04 Å². The maximum absolute atomic E-state index is 8.69. The second-order valence-electron chi connectivity index (χ2n) is 2.41. The minimum atomic E-state index is 0.261. The van der Waals surface area contributed by atoms with Crippen molar-refractivity contribution in [3.05, 3.63) is 11.6 Å². The van der Waals surface area contributed by atoms with Gasteiger partial charge in [-0.1, -0.05) is 11.6 Å². The van der Waals surface area contributed by atoms with Crippen molar-refractivity contribution in [2.75, 3.05) is 13.2 Å². The zero-order valence-electron chi connectivity index (χ0n) is 5.72. The molecule has 2 N–H and O–H groups in total. The Morgan fingerprint density at radius 3 is 3.00 bits per heavy atom. The molecule has 1 rings (SSSR count). The van der Waals surface area contributed by atoms with E-state index in [2.05, 4.69) is 11.4 Å². The van der Waals surface area contributed by atoms with Gasteiger partial charge in [-0.15, -0.1) is 0 Å². The average Bonchev–Trinajstić information content (AvgIpc) is 2.34. The molecule has 0 aromatic heterocycles. The molecule has 0 unspecified atom stereocenters. The third kappa shape index (κ3) is 1.53. The van der Waals surface area contributed by atoms with Crippen LogP contribution < -0.4 is 5.32 Å². The average molecular weight is 127 g/mol. The number of aliphatic hydroxyl groups excluding tert-OH is 1. The van der Waals surface area contributed by atoms with Crippen LogP contribution in [0.15, 0.2) is 11.6 Å². The van der Waals surface area contributed by atoms with Crippen molar-refractivity contribution in [3.63, 3.8) is 0 Å². The first-order valence-electron chi connectivity index (χ1n) is 3.35. The third-order valence-electron chi connectivity index (χ3n) is 1.76. The molecule has 2 nitrogen and oxygen atoms in total. The van der Waals surface area contributed by atoms with Gasteiger partial charge in [0.2, 0.25) is 0 Å². The lowest BCUT2D eigenvalue weighted by molar-refractivity contribution is 0.256. The summed E-state index contributed by atoms with van der Waals surface area (Å²) >= 11 is 0. The van der Waals surface area contributed by atoms with Crippen LogP contribution >= 0.6 is 0 Å². The molecule has 1 atom stereocenters. The van der Waals surface area contributed by atoms with Gasteiger partial charge >= 0.3 is 0 Å². The molecule has 0 spiro atoms. The zero-order chi connectivity index (χ0) is 6.69. The topological polar surface area (TPSA) is 32.3 Å². The van der Waals surface area contributed by atoms with E-state index in [1.165, 1.54) is 5.57 Å². The van der Waals surface area contributed by atoms with E-state index in [9.17, 15) is 0 Å². The van der Waals surface area contributed by atoms with E-state index in [-0.39, 0.29) is 6.61 Å². The fourth-order valence-electron chi connectivity index (χ4n) is 1.09. The molecular weight excluding hydrogens is 114 g/mol. The first kappa shape index (κ1) is 6.78. The van der Waals surface area contributed by atoms with Crippen LogP contribution in [-0.2, 0) is 0 Å². The van der Waals surface area contributed by atoms with Crippen LogP contribution in [0, 0.1) is 0 Å². The van der Waals surface area contributed by atoms with Crippen LogP contribution in [0.25, 0.3) is 0 Å². The summed E-state index contributed by atoms with van der Waals surface area (Å²) in [6, 6.07) is 0.316. The normalized spacial score (nSPS) is 31.8. The van der Waals surface area contributed by atoms with Gasteiger partial charge in [0.05, 0.1) is 6.61 Å². The molecular formula is C7H13NO. The van der Waals surface area contributed by atoms with E-state index in [1.807, 2.05) is 6.92 Å². The van der Waals surface area contributed by atoms with Crippen LogP contribution in [0.1, 0.15) is 13.3 Å². The monoisotopic (exact) mass is 127 g/mol. The molecule has 0 aliphatic carbocycles. The van der Waals surface area contributed by atoms with Crippen molar-refractivity contribution in [2.45, 2.75) is 19.4 Å². The van der Waals surface area contributed by atoms with Crippen molar-refractivity contribution in [1.82, 2.24) is 5.32 Å². The van der Waals surface area contributed by atoms with Gasteiger partial charge in [0.1, 0.15) is 0 Å². The lowest BCUT2D eigenvalue weighted by atomic mass is 10.1. The predicted octanol–water partition coefficient (Wildman–Crippen LogP) is 0.287. The third-order valence-corrected chi connectivity index (χ3v) is 1.76. The summed E-state index contributed by atoms with van der Waals surface area (Å²) in [5.41, 5.74) is 1.41. The number of hydrogen-bond donors (Lipinski definition) is 2. The second-order valence-corrected chi connectivity index (χ2v) is 2.41. The number of rotatable bonds is 1. The molecule has 1 heterocycles. The van der Waals surface area contributed by atoms with Gasteiger partial charge in [-0.3, -0.25) is 0 Å². The molecule has 0 saturated carbocycles. The van der Waals surface area contributed by atoms with Gasteiger partial charge in [-0.05, 0) is 13.3 Å². The minimum Gasteiger partial charge on any atom is -0.395 e. The Morgan fingerprint density at radius 2 is 2.67 bits per heavy atom. The van der Waals surface area contributed by atoms with Crippen molar-refractivity contribution in [2.24, 2.45) is 0 Å². The largest absolute Gasteiger partial charge is 0.395 e. The van der Waals surface area contributed by atoms with E-state index in [1.54, 1.807) is 0 Å². The highest BCUT2D eigenvalue weighted by molar-refractivity contribution is 5.10. The van der Waals surface area contributed by atoms with Crippen LogP contribution in [0.2, 0.25) is 0 Å². The summed E-state index contributed by atoms with van der Waals surface area (Å²) in [7, 11) is 0. The minimum absolute atomic E-state index is 0.261. The SMILES string of the molecule is C/C=C1\CN[C@H](CO)C1. The fraction of sp³-hybridized carbons (Fsp3) is 0.714. The Hall–Kier alpha value is -0.340. The van der Waals surface area contributed by atoms with E-state index in [4.69, 9.17) is 5.11 Å². The van der Waals surface area contributed by atoms with Gasteiger partial charge in [0.25, 0.3) is 0 Å². The molecule has 0 amide bonds. The van der Waals surface area contributed by atoms with Gasteiger partial charge in [-0.25, -0.2) is 0 Å². The Bertz CT molecular complexity index is 120. The molecule has 1 aliphatic heterocycles. The Morgan fingerprint density at radius 1 is 1.89 bits per heavy atom. The maximum atomic E-state index is 8.69. The Kier molecular flexibility index (Phi) is 2.25. The molecule has 0 aromatic rings. The first-order chi connectivity index (χ1) is 4.36. The number of hydrogen-bond acceptors (Lipinski definition) is 2. The van der Waals surface area contributed by atoms with Crippen molar-refractivity contribution in [3.8, 4) is 0 Å². The molecule has 9 heavy (non-hydrogen) atoms. The first-order valence-corrected chi connectivity index (χ1v) is 3.35. The van der Waals surface area contributed by atoms with Gasteiger partial charge in [0, 0.05) is 12.6 Å². The highest BCUT2D eigenvalue weighted by Gasteiger charge is 2.15. The van der Waals surface area contributed by atoms with Gasteiger partial charge in [-0.2, -0.15) is 0 Å². The maximum Gasteiger partial charge on any atom is 0.0587 e. The smallest absolute Gasteiger partial charge is 0.0587 e. The van der Waals surface area contributed by atoms with Crippen LogP contribution in [0.4, 0.5) is 0 Å². The zero-order valence-corrected chi connectivity index (χ0v) is 5.72. The summed E-state index contributed by atoms with van der Waals surface area (Å²) < 4.78 is 0. The van der Waals surface area contributed by atoms with Crippen molar-refractivity contribution in [1.29, 1.82) is 0 Å². The number of nitrogens with one attached hydrogen (secondary N) is 1. The molecule has 1 fully saturated rings. The fourth-order valence-corrected chi connectivity index (χ4v) is 1.09. The Labute approximate surface area is 55.6 Å². The molecule has 0 bridgehead atoms. The summed E-state index contributed by atoms with van der Waals surface area (Å²) in [5.74, 6) is 0. The molecule has 0 aromatic carbocycles. The quantitative estimate of drug-likeness (QED) is 0.496. The molecule has 2 heteroatoms. The van der Waals surface area contributed by atoms with Crippen LogP contribution in [0.5, 0.6) is 0 Å². The molecule has 1 aliphatic rings. The highest BCUT2D eigenvalue weighted by Crippen LogP contribution is 2.10. The van der Waals surface area contributed by atoms with Crippen LogP contribution in [0.3, 0.4) is 0 Å².